The largest absolute Gasteiger partial charge is 0.477 e. The molecule has 1 N–H and O–H groups in total. The zero-order chi connectivity index (χ0) is 14.9. The van der Waals surface area contributed by atoms with Gasteiger partial charge in [-0.2, -0.15) is 0 Å². The Kier molecular flexibility index (Phi) is 3.70. The second-order valence-electron chi connectivity index (χ2n) is 4.58. The number of hydrogen-bond donors (Lipinski definition) is 1. The molecule has 0 bridgehead atoms. The Morgan fingerprint density at radius 2 is 1.90 bits per heavy atom. The summed E-state index contributed by atoms with van der Waals surface area (Å²) in [5.74, 6) is -1.35. The molecule has 0 fully saturated rings. The maximum Gasteiger partial charge on any atom is 0.341 e. The number of benzene rings is 1. The van der Waals surface area contributed by atoms with E-state index in [1.807, 2.05) is 0 Å². The molecule has 4 nitrogen and oxygen atoms in total. The molecule has 2 rings (SSSR count). The summed E-state index contributed by atoms with van der Waals surface area (Å²) in [7, 11) is 0. The lowest BCUT2D eigenvalue weighted by Gasteiger charge is -2.12. The Bertz CT molecular complexity index is 683. The van der Waals surface area contributed by atoms with Crippen LogP contribution in [0.1, 0.15) is 27.2 Å². The predicted octanol–water partition coefficient (Wildman–Crippen LogP) is 3.64. The number of aromatic carboxylic acids is 1. The van der Waals surface area contributed by atoms with E-state index in [9.17, 15) is 14.3 Å². The summed E-state index contributed by atoms with van der Waals surface area (Å²) in [4.78, 5) is 15.4. The summed E-state index contributed by atoms with van der Waals surface area (Å²) < 4.78 is 18.8. The predicted molar refractivity (Wildman–Crippen MR) is 71.9 cm³/mol. The van der Waals surface area contributed by atoms with Crippen LogP contribution in [0.4, 0.5) is 4.39 Å². The van der Waals surface area contributed by atoms with Crippen LogP contribution in [0.3, 0.4) is 0 Å². The number of halogens is 1. The van der Waals surface area contributed by atoms with Crippen LogP contribution in [0, 0.1) is 26.6 Å². The highest BCUT2D eigenvalue weighted by atomic mass is 19.1. The van der Waals surface area contributed by atoms with Crippen molar-refractivity contribution < 1.29 is 19.0 Å². The molecule has 5 heteroatoms. The van der Waals surface area contributed by atoms with E-state index in [1.54, 1.807) is 32.9 Å². The van der Waals surface area contributed by atoms with Gasteiger partial charge in [0.25, 0.3) is 0 Å². The lowest BCUT2D eigenvalue weighted by Crippen LogP contribution is -2.06. The molecule has 0 radical (unpaired) electrons. The van der Waals surface area contributed by atoms with Crippen molar-refractivity contribution in [2.24, 2.45) is 0 Å². The van der Waals surface area contributed by atoms with Crippen molar-refractivity contribution in [1.29, 1.82) is 0 Å². The van der Waals surface area contributed by atoms with E-state index >= 15 is 0 Å². The molecule has 20 heavy (non-hydrogen) atoms. The first-order chi connectivity index (χ1) is 9.38. The Morgan fingerprint density at radius 1 is 1.20 bits per heavy atom. The van der Waals surface area contributed by atoms with Gasteiger partial charge in [0.1, 0.15) is 17.1 Å². The monoisotopic (exact) mass is 275 g/mol. The van der Waals surface area contributed by atoms with Gasteiger partial charge in [-0.1, -0.05) is 6.07 Å². The van der Waals surface area contributed by atoms with Crippen molar-refractivity contribution in [3.8, 4) is 11.6 Å². The number of nitrogens with zero attached hydrogens (tertiary/aromatic N) is 1. The topological polar surface area (TPSA) is 59.4 Å². The summed E-state index contributed by atoms with van der Waals surface area (Å²) in [6.07, 6.45) is 0. The summed E-state index contributed by atoms with van der Waals surface area (Å²) in [5.41, 5.74) is 1.87. The molecule has 0 unspecified atom stereocenters. The number of aromatic nitrogens is 1. The first kappa shape index (κ1) is 14.0. The number of carboxylic acid groups (broad SMARTS) is 1. The normalized spacial score (nSPS) is 10.4. The average Bonchev–Trinajstić information content (AvgIpc) is 2.32. The summed E-state index contributed by atoms with van der Waals surface area (Å²) in [6.45, 7) is 5.16. The van der Waals surface area contributed by atoms with Gasteiger partial charge in [-0.25, -0.2) is 14.2 Å². The van der Waals surface area contributed by atoms with Crippen molar-refractivity contribution in [2.45, 2.75) is 20.8 Å². The van der Waals surface area contributed by atoms with Crippen molar-refractivity contribution in [3.63, 3.8) is 0 Å². The zero-order valence-electron chi connectivity index (χ0n) is 11.4. The fourth-order valence-electron chi connectivity index (χ4n) is 1.92. The summed E-state index contributed by atoms with van der Waals surface area (Å²) in [6, 6.07) is 5.75. The minimum absolute atomic E-state index is 0.0146. The number of pyridine rings is 1. The van der Waals surface area contributed by atoms with Crippen molar-refractivity contribution in [2.75, 3.05) is 0 Å². The quantitative estimate of drug-likeness (QED) is 0.929. The average molecular weight is 275 g/mol. The van der Waals surface area contributed by atoms with Crippen molar-refractivity contribution in [1.82, 2.24) is 4.98 Å². The fourth-order valence-corrected chi connectivity index (χ4v) is 1.92. The first-order valence-electron chi connectivity index (χ1n) is 6.04. The fraction of sp³-hybridized carbons (Fsp3) is 0.200. The van der Waals surface area contributed by atoms with Gasteiger partial charge in [-0.05, 0) is 44.0 Å². The Labute approximate surface area is 115 Å². The number of carboxylic acids is 1. The molecular weight excluding hydrogens is 261 g/mol. The van der Waals surface area contributed by atoms with E-state index in [2.05, 4.69) is 4.98 Å². The molecule has 0 saturated heterocycles. The molecule has 0 amide bonds. The minimum atomic E-state index is -1.13. The molecule has 1 heterocycles. The molecular formula is C15H14FNO3. The van der Waals surface area contributed by atoms with Crippen molar-refractivity contribution >= 4 is 5.97 Å². The molecule has 1 aromatic carbocycles. The summed E-state index contributed by atoms with van der Waals surface area (Å²) in [5, 5.41) is 9.25. The third-order valence-corrected chi connectivity index (χ3v) is 2.88. The van der Waals surface area contributed by atoms with Gasteiger partial charge < -0.3 is 9.84 Å². The first-order valence-corrected chi connectivity index (χ1v) is 6.04. The van der Waals surface area contributed by atoms with Gasteiger partial charge in [0.15, 0.2) is 0 Å². The number of ether oxygens (including phenoxy) is 1. The van der Waals surface area contributed by atoms with E-state index in [-0.39, 0.29) is 17.2 Å². The Morgan fingerprint density at radius 3 is 2.55 bits per heavy atom. The molecule has 2 aromatic rings. The standard InChI is InChI=1S/C15H14FNO3/c1-8-4-5-11(16)7-12(8)20-14-13(15(18)19)9(2)6-10(3)17-14/h4-7H,1-3H3,(H,18,19). The number of carbonyl (C=O) groups is 1. The number of rotatable bonds is 3. The van der Waals surface area contributed by atoms with E-state index < -0.39 is 11.8 Å². The van der Waals surface area contributed by atoms with Crippen molar-refractivity contribution in [3.05, 3.63) is 52.5 Å². The van der Waals surface area contributed by atoms with Crippen LogP contribution in [-0.2, 0) is 0 Å². The highest BCUT2D eigenvalue weighted by molar-refractivity contribution is 5.92. The lowest BCUT2D eigenvalue weighted by atomic mass is 10.1. The van der Waals surface area contributed by atoms with Gasteiger partial charge in [-0.15, -0.1) is 0 Å². The lowest BCUT2D eigenvalue weighted by molar-refractivity contribution is 0.0692. The zero-order valence-corrected chi connectivity index (χ0v) is 11.4. The molecule has 0 spiro atoms. The van der Waals surface area contributed by atoms with Crippen LogP contribution in [0.25, 0.3) is 0 Å². The Balaban J connectivity index is 2.53. The molecule has 0 aliphatic rings. The molecule has 0 aliphatic carbocycles. The Hall–Kier alpha value is -2.43. The highest BCUT2D eigenvalue weighted by Crippen LogP contribution is 2.29. The van der Waals surface area contributed by atoms with Gasteiger partial charge >= 0.3 is 5.97 Å². The van der Waals surface area contributed by atoms with Crippen LogP contribution in [0.15, 0.2) is 24.3 Å². The van der Waals surface area contributed by atoms with Crippen LogP contribution in [-0.4, -0.2) is 16.1 Å². The van der Waals surface area contributed by atoms with Crippen LogP contribution >= 0.6 is 0 Å². The molecule has 1 aromatic heterocycles. The van der Waals surface area contributed by atoms with Gasteiger partial charge in [0.05, 0.1) is 0 Å². The van der Waals surface area contributed by atoms with E-state index in [0.717, 1.165) is 0 Å². The minimum Gasteiger partial charge on any atom is -0.477 e. The summed E-state index contributed by atoms with van der Waals surface area (Å²) >= 11 is 0. The third kappa shape index (κ3) is 2.77. The van der Waals surface area contributed by atoms with Gasteiger partial charge in [-0.3, -0.25) is 0 Å². The van der Waals surface area contributed by atoms with Crippen LogP contribution in [0.2, 0.25) is 0 Å². The second kappa shape index (κ2) is 5.28. The van der Waals surface area contributed by atoms with E-state index in [0.29, 0.717) is 16.8 Å². The van der Waals surface area contributed by atoms with E-state index in [4.69, 9.17) is 4.74 Å². The van der Waals surface area contributed by atoms with Crippen LogP contribution < -0.4 is 4.74 Å². The number of hydrogen-bond acceptors (Lipinski definition) is 3. The second-order valence-corrected chi connectivity index (χ2v) is 4.58. The van der Waals surface area contributed by atoms with Gasteiger partial charge in [0, 0.05) is 11.8 Å². The maximum absolute atomic E-state index is 13.3. The SMILES string of the molecule is Cc1cc(C)c(C(=O)O)c(Oc2cc(F)ccc2C)n1. The molecule has 0 saturated carbocycles. The smallest absolute Gasteiger partial charge is 0.341 e. The number of aryl methyl sites for hydroxylation is 3. The molecule has 0 aliphatic heterocycles. The molecule has 0 atom stereocenters. The van der Waals surface area contributed by atoms with Crippen LogP contribution in [0.5, 0.6) is 11.6 Å². The third-order valence-electron chi connectivity index (χ3n) is 2.88. The van der Waals surface area contributed by atoms with Gasteiger partial charge in [0.2, 0.25) is 5.88 Å². The molecule has 104 valence electrons. The van der Waals surface area contributed by atoms with E-state index in [1.165, 1.54) is 12.1 Å². The maximum atomic E-state index is 13.3. The highest BCUT2D eigenvalue weighted by Gasteiger charge is 2.18.